The molecule has 1 heterocycles. The first-order chi connectivity index (χ1) is 5.48. The summed E-state index contributed by atoms with van der Waals surface area (Å²) in [5, 5.41) is 17.6. The van der Waals surface area contributed by atoms with E-state index in [1.807, 2.05) is 0 Å². The minimum absolute atomic E-state index is 0.289. The molecule has 0 saturated carbocycles. The number of hydrogen-bond acceptors (Lipinski definition) is 3. The van der Waals surface area contributed by atoms with Gasteiger partial charge in [0.05, 0.1) is 11.5 Å². The van der Waals surface area contributed by atoms with E-state index in [0.29, 0.717) is 13.1 Å². The average molecular weight is 168 g/mol. The van der Waals surface area contributed by atoms with Gasteiger partial charge in [-0.3, -0.25) is 4.79 Å². The van der Waals surface area contributed by atoms with Crippen LogP contribution in [-0.4, -0.2) is 35.1 Å². The van der Waals surface area contributed by atoms with Crippen molar-refractivity contribution in [3.8, 4) is 6.07 Å². The Bertz CT molecular complexity index is 236. The number of aliphatic hydroxyl groups is 1. The predicted octanol–water partition coefficient (Wildman–Crippen LogP) is -0.261. The van der Waals surface area contributed by atoms with Crippen LogP contribution in [0.5, 0.6) is 0 Å². The highest BCUT2D eigenvalue weighted by Crippen LogP contribution is 2.28. The normalized spacial score (nSPS) is 22.3. The largest absolute Gasteiger partial charge is 0.384 e. The molecular formula is C8H12N2O2. The third-order valence-electron chi connectivity index (χ3n) is 2.02. The Morgan fingerprint density at radius 3 is 2.58 bits per heavy atom. The molecule has 0 unspecified atom stereocenters. The lowest BCUT2D eigenvalue weighted by atomic mass is 9.83. The average Bonchev–Trinajstić information content (AvgIpc) is 1.97. The first-order valence-corrected chi connectivity index (χ1v) is 3.87. The van der Waals surface area contributed by atoms with Crippen LogP contribution in [0, 0.1) is 16.7 Å². The summed E-state index contributed by atoms with van der Waals surface area (Å²) in [6.07, 6.45) is -0.951. The second-order valence-corrected chi connectivity index (χ2v) is 3.54. The molecule has 4 heteroatoms. The minimum Gasteiger partial charge on any atom is -0.384 e. The highest BCUT2D eigenvalue weighted by Gasteiger charge is 2.42. The molecule has 1 rings (SSSR count). The van der Waals surface area contributed by atoms with Gasteiger partial charge in [-0.2, -0.15) is 5.26 Å². The van der Waals surface area contributed by atoms with E-state index in [2.05, 4.69) is 6.07 Å². The van der Waals surface area contributed by atoms with Gasteiger partial charge >= 0.3 is 0 Å². The van der Waals surface area contributed by atoms with Crippen molar-refractivity contribution in [2.75, 3.05) is 13.1 Å². The lowest BCUT2D eigenvalue weighted by Crippen LogP contribution is -2.58. The van der Waals surface area contributed by atoms with Crippen molar-refractivity contribution >= 4 is 5.91 Å². The molecule has 1 atom stereocenters. The van der Waals surface area contributed by atoms with Crippen LogP contribution in [0.3, 0.4) is 0 Å². The van der Waals surface area contributed by atoms with E-state index in [-0.39, 0.29) is 5.91 Å². The summed E-state index contributed by atoms with van der Waals surface area (Å²) >= 11 is 0. The van der Waals surface area contributed by atoms with Gasteiger partial charge in [0.1, 0.15) is 6.10 Å². The molecule has 0 bridgehead atoms. The zero-order chi connectivity index (χ0) is 9.35. The fourth-order valence-electron chi connectivity index (χ4n) is 1.29. The molecule has 1 aliphatic heterocycles. The van der Waals surface area contributed by atoms with Crippen LogP contribution in [0.15, 0.2) is 0 Å². The zero-order valence-corrected chi connectivity index (χ0v) is 7.24. The Kier molecular flexibility index (Phi) is 2.07. The first kappa shape index (κ1) is 9.01. The number of carbonyl (C=O) groups is 1. The summed E-state index contributed by atoms with van der Waals surface area (Å²) in [4.78, 5) is 12.6. The summed E-state index contributed by atoms with van der Waals surface area (Å²) in [6, 6.07) is 2.13. The van der Waals surface area contributed by atoms with E-state index in [4.69, 9.17) is 10.4 Å². The Hall–Kier alpha value is -1.08. The summed E-state index contributed by atoms with van der Waals surface area (Å²) in [5.74, 6) is -0.289. The van der Waals surface area contributed by atoms with Gasteiger partial charge in [-0.05, 0) is 13.8 Å². The standard InChI is InChI=1S/C8H12N2O2/c1-6(11)7(12)10-4-8(2,3-9)5-10/h6,11H,4-5H2,1-2H3/t6-/m0/s1. The van der Waals surface area contributed by atoms with Gasteiger partial charge in [0.15, 0.2) is 0 Å². The molecule has 1 aliphatic rings. The van der Waals surface area contributed by atoms with Gasteiger partial charge in [0.25, 0.3) is 5.91 Å². The number of aliphatic hydroxyl groups excluding tert-OH is 1. The van der Waals surface area contributed by atoms with Gasteiger partial charge in [-0.15, -0.1) is 0 Å². The summed E-state index contributed by atoms with van der Waals surface area (Å²) in [5.41, 5.74) is -0.398. The Balaban J connectivity index is 2.46. The van der Waals surface area contributed by atoms with Gasteiger partial charge in [0.2, 0.25) is 0 Å². The Morgan fingerprint density at radius 2 is 2.25 bits per heavy atom. The molecule has 0 aromatic heterocycles. The fraction of sp³-hybridized carbons (Fsp3) is 0.750. The van der Waals surface area contributed by atoms with E-state index in [0.717, 1.165) is 0 Å². The van der Waals surface area contributed by atoms with Crippen LogP contribution < -0.4 is 0 Å². The number of rotatable bonds is 1. The quantitative estimate of drug-likeness (QED) is 0.586. The first-order valence-electron chi connectivity index (χ1n) is 3.87. The van der Waals surface area contributed by atoms with Crippen molar-refractivity contribution in [3.05, 3.63) is 0 Å². The van der Waals surface area contributed by atoms with Gasteiger partial charge in [0, 0.05) is 13.1 Å². The fourth-order valence-corrected chi connectivity index (χ4v) is 1.29. The molecule has 66 valence electrons. The molecule has 0 aliphatic carbocycles. The molecule has 12 heavy (non-hydrogen) atoms. The minimum atomic E-state index is -0.951. The van der Waals surface area contributed by atoms with Crippen molar-refractivity contribution in [3.63, 3.8) is 0 Å². The number of carbonyl (C=O) groups excluding carboxylic acids is 1. The molecule has 1 fully saturated rings. The monoisotopic (exact) mass is 168 g/mol. The molecule has 1 saturated heterocycles. The number of hydrogen-bond donors (Lipinski definition) is 1. The molecule has 1 N–H and O–H groups in total. The maximum atomic E-state index is 11.1. The van der Waals surface area contributed by atoms with Gasteiger partial charge < -0.3 is 10.0 Å². The summed E-state index contributed by atoms with van der Waals surface area (Å²) in [6.45, 7) is 4.11. The van der Waals surface area contributed by atoms with Crippen LogP contribution in [-0.2, 0) is 4.79 Å². The lowest BCUT2D eigenvalue weighted by Gasteiger charge is -2.43. The predicted molar refractivity (Wildman–Crippen MR) is 42.0 cm³/mol. The van der Waals surface area contributed by atoms with Crippen molar-refractivity contribution in [1.29, 1.82) is 5.26 Å². The Morgan fingerprint density at radius 1 is 1.75 bits per heavy atom. The molecule has 0 radical (unpaired) electrons. The molecule has 1 amide bonds. The van der Waals surface area contributed by atoms with Gasteiger partial charge in [-0.25, -0.2) is 0 Å². The van der Waals surface area contributed by atoms with Crippen molar-refractivity contribution in [1.82, 2.24) is 4.90 Å². The molecule has 0 spiro atoms. The maximum absolute atomic E-state index is 11.1. The van der Waals surface area contributed by atoms with E-state index in [9.17, 15) is 4.79 Å². The maximum Gasteiger partial charge on any atom is 0.251 e. The highest BCUT2D eigenvalue weighted by atomic mass is 16.3. The Labute approximate surface area is 71.4 Å². The zero-order valence-electron chi connectivity index (χ0n) is 7.24. The van der Waals surface area contributed by atoms with E-state index in [1.54, 1.807) is 6.92 Å². The third-order valence-corrected chi connectivity index (χ3v) is 2.02. The number of amides is 1. The lowest BCUT2D eigenvalue weighted by molar-refractivity contribution is -0.147. The van der Waals surface area contributed by atoms with E-state index in [1.165, 1.54) is 11.8 Å². The second kappa shape index (κ2) is 2.76. The molecule has 4 nitrogen and oxygen atoms in total. The van der Waals surface area contributed by atoms with E-state index < -0.39 is 11.5 Å². The highest BCUT2D eigenvalue weighted by molar-refractivity contribution is 5.81. The van der Waals surface area contributed by atoms with Crippen LogP contribution in [0.25, 0.3) is 0 Å². The molecular weight excluding hydrogens is 156 g/mol. The van der Waals surface area contributed by atoms with Crippen molar-refractivity contribution in [2.24, 2.45) is 5.41 Å². The topological polar surface area (TPSA) is 64.3 Å². The smallest absolute Gasteiger partial charge is 0.251 e. The van der Waals surface area contributed by atoms with E-state index >= 15 is 0 Å². The number of likely N-dealkylation sites (tertiary alicyclic amines) is 1. The van der Waals surface area contributed by atoms with Crippen molar-refractivity contribution < 1.29 is 9.90 Å². The van der Waals surface area contributed by atoms with Crippen molar-refractivity contribution in [2.45, 2.75) is 20.0 Å². The molecule has 0 aromatic rings. The van der Waals surface area contributed by atoms with Crippen LogP contribution >= 0.6 is 0 Å². The summed E-state index contributed by atoms with van der Waals surface area (Å²) < 4.78 is 0. The number of nitriles is 1. The third kappa shape index (κ3) is 1.41. The molecule has 0 aromatic carbocycles. The summed E-state index contributed by atoms with van der Waals surface area (Å²) in [7, 11) is 0. The number of nitrogens with zero attached hydrogens (tertiary/aromatic N) is 2. The second-order valence-electron chi connectivity index (χ2n) is 3.54. The van der Waals surface area contributed by atoms with Crippen LogP contribution in [0.1, 0.15) is 13.8 Å². The van der Waals surface area contributed by atoms with Gasteiger partial charge in [-0.1, -0.05) is 0 Å². The van der Waals surface area contributed by atoms with Crippen LogP contribution in [0.2, 0.25) is 0 Å². The van der Waals surface area contributed by atoms with Crippen LogP contribution in [0.4, 0.5) is 0 Å². The SMILES string of the molecule is C[C@H](O)C(=O)N1CC(C)(C#N)C1.